The van der Waals surface area contributed by atoms with Crippen LogP contribution in [0, 0.1) is 0 Å². The second kappa shape index (κ2) is 4.46. The number of hydrogen-bond acceptors (Lipinski definition) is 4. The molecule has 2 aliphatic rings. The third-order valence-corrected chi connectivity index (χ3v) is 5.34. The molecule has 0 spiro atoms. The molecular weight excluding hydrogens is 250 g/mol. The average molecular weight is 267 g/mol. The molecule has 0 radical (unpaired) electrons. The van der Waals surface area contributed by atoms with Crippen LogP contribution >= 0.6 is 0 Å². The number of hydrogen-bond donors (Lipinski definition) is 1. The summed E-state index contributed by atoms with van der Waals surface area (Å²) in [5.74, 6) is 1.54. The molecule has 0 amide bonds. The zero-order valence-corrected chi connectivity index (χ0v) is 11.0. The maximum absolute atomic E-state index is 11.6. The van der Waals surface area contributed by atoms with E-state index >= 15 is 0 Å². The smallest absolute Gasteiger partial charge is 0.152 e. The Morgan fingerprint density at radius 3 is 3.06 bits per heavy atom. The fourth-order valence-corrected chi connectivity index (χ4v) is 4.28. The van der Waals surface area contributed by atoms with Crippen molar-refractivity contribution in [2.75, 3.05) is 23.4 Å². The van der Waals surface area contributed by atoms with Crippen LogP contribution in [0.2, 0.25) is 0 Å². The summed E-state index contributed by atoms with van der Waals surface area (Å²) in [6, 6.07) is 6.04. The minimum absolute atomic E-state index is 0.0455. The van der Waals surface area contributed by atoms with Crippen molar-refractivity contribution in [2.24, 2.45) is 0 Å². The lowest BCUT2D eigenvalue weighted by atomic mass is 10.1. The average Bonchev–Trinajstić information content (AvgIpc) is 2.74. The van der Waals surface area contributed by atoms with Crippen LogP contribution in [0.5, 0.6) is 5.75 Å². The van der Waals surface area contributed by atoms with Gasteiger partial charge in [-0.1, -0.05) is 0 Å². The van der Waals surface area contributed by atoms with Crippen molar-refractivity contribution >= 4 is 15.5 Å². The van der Waals surface area contributed by atoms with Crippen LogP contribution in [-0.2, 0) is 16.3 Å². The van der Waals surface area contributed by atoms with Crippen molar-refractivity contribution in [3.05, 3.63) is 23.8 Å². The van der Waals surface area contributed by atoms with Crippen LogP contribution in [0.4, 0.5) is 5.69 Å². The molecule has 0 aliphatic carbocycles. The van der Waals surface area contributed by atoms with Gasteiger partial charge in [0.2, 0.25) is 0 Å². The second-order valence-electron chi connectivity index (χ2n) is 5.02. The fourth-order valence-electron chi connectivity index (χ4n) is 2.65. The van der Waals surface area contributed by atoms with Crippen LogP contribution in [-0.4, -0.2) is 32.6 Å². The summed E-state index contributed by atoms with van der Waals surface area (Å²) in [5.41, 5.74) is 2.21. The van der Waals surface area contributed by atoms with Gasteiger partial charge in [0, 0.05) is 18.2 Å². The monoisotopic (exact) mass is 267 g/mol. The highest BCUT2D eigenvalue weighted by Gasteiger charge is 2.24. The summed E-state index contributed by atoms with van der Waals surface area (Å²) in [5, 5.41) is 3.33. The number of nitrogens with one attached hydrogen (secondary N) is 1. The van der Waals surface area contributed by atoms with Crippen LogP contribution in [0.25, 0.3) is 0 Å². The molecule has 1 aromatic carbocycles. The van der Waals surface area contributed by atoms with E-state index in [1.807, 2.05) is 12.1 Å². The Balaban J connectivity index is 1.73. The number of benzene rings is 1. The minimum atomic E-state index is -2.85. The Hall–Kier alpha value is -1.23. The molecular formula is C13H17NO3S. The van der Waals surface area contributed by atoms with Gasteiger partial charge in [0.1, 0.15) is 5.75 Å². The lowest BCUT2D eigenvalue weighted by molar-refractivity contribution is 0.357. The Morgan fingerprint density at radius 2 is 2.22 bits per heavy atom. The van der Waals surface area contributed by atoms with Gasteiger partial charge in [0.15, 0.2) is 9.84 Å². The molecule has 5 heteroatoms. The van der Waals surface area contributed by atoms with Gasteiger partial charge in [-0.3, -0.25) is 0 Å². The number of fused-ring (bicyclic) bond motifs is 1. The molecule has 0 aromatic heterocycles. The summed E-state index contributed by atoms with van der Waals surface area (Å²) in [6.45, 7) is 0.747. The molecule has 0 saturated carbocycles. The first kappa shape index (κ1) is 11.8. The van der Waals surface area contributed by atoms with E-state index in [0.717, 1.165) is 37.3 Å². The van der Waals surface area contributed by atoms with Crippen molar-refractivity contribution < 1.29 is 13.2 Å². The summed E-state index contributed by atoms with van der Waals surface area (Å²) in [4.78, 5) is 0. The van der Waals surface area contributed by atoms with Gasteiger partial charge in [0.25, 0.3) is 0 Å². The van der Waals surface area contributed by atoms with Crippen LogP contribution < -0.4 is 10.1 Å². The highest BCUT2D eigenvalue weighted by atomic mass is 32.2. The van der Waals surface area contributed by atoms with Crippen molar-refractivity contribution in [1.29, 1.82) is 0 Å². The molecule has 1 saturated heterocycles. The largest absolute Gasteiger partial charge is 0.493 e. The first-order chi connectivity index (χ1) is 8.62. The lowest BCUT2D eigenvalue weighted by Crippen LogP contribution is -2.34. The molecule has 4 nitrogen and oxygen atoms in total. The van der Waals surface area contributed by atoms with E-state index < -0.39 is 9.84 Å². The van der Waals surface area contributed by atoms with Gasteiger partial charge in [-0.25, -0.2) is 8.42 Å². The highest BCUT2D eigenvalue weighted by Crippen LogP contribution is 2.28. The van der Waals surface area contributed by atoms with Crippen LogP contribution in [0.15, 0.2) is 18.2 Å². The molecule has 1 unspecified atom stereocenters. The van der Waals surface area contributed by atoms with Crippen molar-refractivity contribution in [3.63, 3.8) is 0 Å². The minimum Gasteiger partial charge on any atom is -0.493 e. The van der Waals surface area contributed by atoms with E-state index in [9.17, 15) is 8.42 Å². The first-order valence-electron chi connectivity index (χ1n) is 6.35. The Morgan fingerprint density at radius 1 is 1.33 bits per heavy atom. The maximum Gasteiger partial charge on any atom is 0.152 e. The summed E-state index contributed by atoms with van der Waals surface area (Å²) in [7, 11) is -2.85. The molecule has 0 bridgehead atoms. The van der Waals surface area contributed by atoms with Crippen molar-refractivity contribution in [1.82, 2.24) is 0 Å². The zero-order valence-electron chi connectivity index (χ0n) is 10.2. The van der Waals surface area contributed by atoms with E-state index in [-0.39, 0.29) is 11.8 Å². The molecule has 3 rings (SSSR count). The molecule has 1 fully saturated rings. The Bertz CT molecular complexity index is 553. The van der Waals surface area contributed by atoms with E-state index in [0.29, 0.717) is 5.75 Å². The predicted molar refractivity (Wildman–Crippen MR) is 70.9 cm³/mol. The molecule has 18 heavy (non-hydrogen) atoms. The normalized spacial score (nSPS) is 25.2. The summed E-state index contributed by atoms with van der Waals surface area (Å²) >= 11 is 0. The third-order valence-electron chi connectivity index (χ3n) is 3.52. The van der Waals surface area contributed by atoms with E-state index in [1.165, 1.54) is 5.56 Å². The third kappa shape index (κ3) is 2.46. The number of rotatable bonds is 2. The molecule has 98 valence electrons. The molecule has 1 aromatic rings. The van der Waals surface area contributed by atoms with Crippen LogP contribution in [0.1, 0.15) is 18.4 Å². The van der Waals surface area contributed by atoms with Crippen LogP contribution in [0.3, 0.4) is 0 Å². The number of ether oxygens (including phenoxy) is 1. The van der Waals surface area contributed by atoms with Crippen molar-refractivity contribution in [3.8, 4) is 5.75 Å². The van der Waals surface area contributed by atoms with Gasteiger partial charge in [-0.15, -0.1) is 0 Å². The molecule has 1 N–H and O–H groups in total. The topological polar surface area (TPSA) is 55.4 Å². The van der Waals surface area contributed by atoms with E-state index in [1.54, 1.807) is 0 Å². The van der Waals surface area contributed by atoms with Gasteiger partial charge >= 0.3 is 0 Å². The fraction of sp³-hybridized carbons (Fsp3) is 0.538. The Kier molecular flexibility index (Phi) is 2.93. The summed E-state index contributed by atoms with van der Waals surface area (Å²) in [6.07, 6.45) is 2.62. The zero-order chi connectivity index (χ0) is 12.6. The maximum atomic E-state index is 11.6. The van der Waals surface area contributed by atoms with Crippen molar-refractivity contribution in [2.45, 2.75) is 25.3 Å². The first-order valence-corrected chi connectivity index (χ1v) is 8.17. The SMILES string of the molecule is O=S1(=O)CCCC(Nc2ccc3c(c2)CCO3)C1. The predicted octanol–water partition coefficient (Wildman–Crippen LogP) is 1.61. The Labute approximate surface area is 107 Å². The standard InChI is InChI=1S/C13H17NO3S/c15-18(16)7-1-2-12(9-18)14-11-3-4-13-10(8-11)5-6-17-13/h3-4,8,12,14H,1-2,5-7,9H2. The summed E-state index contributed by atoms with van der Waals surface area (Å²) < 4.78 is 28.6. The lowest BCUT2D eigenvalue weighted by Gasteiger charge is -2.24. The van der Waals surface area contributed by atoms with Gasteiger partial charge in [0.05, 0.1) is 18.1 Å². The van der Waals surface area contributed by atoms with E-state index in [4.69, 9.17) is 4.74 Å². The van der Waals surface area contributed by atoms with E-state index in [2.05, 4.69) is 11.4 Å². The molecule has 1 atom stereocenters. The number of anilines is 1. The second-order valence-corrected chi connectivity index (χ2v) is 7.25. The van der Waals surface area contributed by atoms with Gasteiger partial charge in [-0.05, 0) is 36.6 Å². The van der Waals surface area contributed by atoms with Gasteiger partial charge in [-0.2, -0.15) is 0 Å². The quantitative estimate of drug-likeness (QED) is 0.884. The van der Waals surface area contributed by atoms with Gasteiger partial charge < -0.3 is 10.1 Å². The highest BCUT2D eigenvalue weighted by molar-refractivity contribution is 7.91. The molecule has 2 aliphatic heterocycles. The molecule has 2 heterocycles. The number of sulfone groups is 1.